The van der Waals surface area contributed by atoms with Gasteiger partial charge in [-0.3, -0.25) is 0 Å². The summed E-state index contributed by atoms with van der Waals surface area (Å²) < 4.78 is 7.68. The van der Waals surface area contributed by atoms with E-state index in [1.54, 1.807) is 0 Å². The van der Waals surface area contributed by atoms with Crippen molar-refractivity contribution in [2.45, 2.75) is 52.4 Å². The Labute approximate surface area is 306 Å². The molecule has 0 saturated heterocycles. The van der Waals surface area contributed by atoms with Gasteiger partial charge in [0, 0.05) is 53.9 Å². The highest BCUT2D eigenvalue weighted by molar-refractivity contribution is 6.45. The summed E-state index contributed by atoms with van der Waals surface area (Å²) in [6.45, 7) is 13.9. The smallest absolute Gasteiger partial charge is 0.0635 e. The Morgan fingerprint density at radius 2 is 0.755 bits per heavy atom. The van der Waals surface area contributed by atoms with E-state index >= 15 is 0 Å². The maximum atomic E-state index is 2.57. The molecule has 0 aliphatic carbocycles. The van der Waals surface area contributed by atoms with Gasteiger partial charge in [0.25, 0.3) is 0 Å². The Kier molecular flexibility index (Phi) is 5.28. The Bertz CT molecular complexity index is 3440. The first-order valence-electron chi connectivity index (χ1n) is 19.0. The van der Waals surface area contributed by atoms with Crippen LogP contribution in [0.3, 0.4) is 0 Å². The molecule has 0 N–H and O–H groups in total. The average Bonchev–Trinajstić information content (AvgIpc) is 3.93. The van der Waals surface area contributed by atoms with E-state index < -0.39 is 0 Å². The van der Waals surface area contributed by atoms with Crippen molar-refractivity contribution in [1.82, 2.24) is 13.4 Å². The first-order valence-corrected chi connectivity index (χ1v) is 19.0. The molecule has 0 amide bonds. The number of rotatable bonds is 1. The van der Waals surface area contributed by atoms with Crippen molar-refractivity contribution in [2.75, 3.05) is 0 Å². The molecule has 254 valence electrons. The number of benzene rings is 7. The summed E-state index contributed by atoms with van der Waals surface area (Å²) in [6, 6.07) is 48.4. The molecule has 5 aromatic heterocycles. The summed E-state index contributed by atoms with van der Waals surface area (Å²) >= 11 is 0. The van der Waals surface area contributed by atoms with E-state index in [1.807, 2.05) is 0 Å². The third-order valence-electron chi connectivity index (χ3n) is 12.4. The standard InChI is InChI=1S/C50H39N3/c1-49(2,3)28-22-24-38-33(26-28)34-27-29(50(4,5)6)23-25-39(34)51(38)40-20-13-21-41-45(40)46-44-32-16-9-11-18-36(32)52-35-17-10-7-14-30(35)42(47(44)52)43-31-15-8-12-19-37(31)53(41)48(43)46/h7-27H,1-6H3. The third kappa shape index (κ3) is 3.51. The summed E-state index contributed by atoms with van der Waals surface area (Å²) in [4.78, 5) is 0. The van der Waals surface area contributed by atoms with Crippen LogP contribution in [0.2, 0.25) is 0 Å². The molecule has 0 aliphatic rings. The van der Waals surface area contributed by atoms with Gasteiger partial charge in [-0.05, 0) is 76.6 Å². The molecule has 5 heterocycles. The quantitative estimate of drug-likeness (QED) is 0.164. The fourth-order valence-corrected chi connectivity index (χ4v) is 9.96. The number of hydrogen-bond acceptors (Lipinski definition) is 0. The van der Waals surface area contributed by atoms with Gasteiger partial charge in [0.1, 0.15) is 0 Å². The molecule has 0 unspecified atom stereocenters. The lowest BCUT2D eigenvalue weighted by molar-refractivity contribution is 0.590. The van der Waals surface area contributed by atoms with Crippen LogP contribution >= 0.6 is 0 Å². The highest BCUT2D eigenvalue weighted by Crippen LogP contribution is 2.53. The second-order valence-corrected chi connectivity index (χ2v) is 17.4. The fraction of sp³-hybridized carbons (Fsp3) is 0.160. The first-order chi connectivity index (χ1) is 25.6. The van der Waals surface area contributed by atoms with Crippen molar-refractivity contribution in [2.24, 2.45) is 0 Å². The van der Waals surface area contributed by atoms with E-state index in [2.05, 4.69) is 182 Å². The average molecular weight is 682 g/mol. The fourth-order valence-electron chi connectivity index (χ4n) is 9.96. The van der Waals surface area contributed by atoms with Gasteiger partial charge in [-0.15, -0.1) is 0 Å². The van der Waals surface area contributed by atoms with Gasteiger partial charge in [-0.25, -0.2) is 0 Å². The largest absolute Gasteiger partial charge is 0.309 e. The van der Waals surface area contributed by atoms with Gasteiger partial charge in [0.05, 0.1) is 49.8 Å². The van der Waals surface area contributed by atoms with Crippen LogP contribution in [0.1, 0.15) is 52.7 Å². The van der Waals surface area contributed by atoms with Gasteiger partial charge in [0.15, 0.2) is 0 Å². The van der Waals surface area contributed by atoms with Gasteiger partial charge in [0.2, 0.25) is 0 Å². The van der Waals surface area contributed by atoms with Gasteiger partial charge in [-0.2, -0.15) is 0 Å². The summed E-state index contributed by atoms with van der Waals surface area (Å²) in [5, 5.41) is 13.3. The van der Waals surface area contributed by atoms with Crippen molar-refractivity contribution in [3.63, 3.8) is 0 Å². The molecule has 12 aromatic rings. The summed E-state index contributed by atoms with van der Waals surface area (Å²) in [7, 11) is 0. The molecule has 0 atom stereocenters. The Morgan fingerprint density at radius 3 is 1.25 bits per heavy atom. The SMILES string of the molecule is CC(C)(C)c1ccc2c(c1)c1cc(C(C)(C)C)ccc1n2-c1cccc2c1c1c3c4ccccc4n4c5ccccc5c(c5c6ccccc6n2c51)c34. The van der Waals surface area contributed by atoms with Crippen molar-refractivity contribution in [1.29, 1.82) is 0 Å². The molecule has 0 spiro atoms. The zero-order chi connectivity index (χ0) is 35.7. The second-order valence-electron chi connectivity index (χ2n) is 17.4. The highest BCUT2D eigenvalue weighted by Gasteiger charge is 2.30. The molecule has 7 aromatic carbocycles. The van der Waals surface area contributed by atoms with Crippen molar-refractivity contribution < 1.29 is 0 Å². The molecule has 53 heavy (non-hydrogen) atoms. The predicted octanol–water partition coefficient (Wildman–Crippen LogP) is 13.7. The normalized spacial score (nSPS) is 13.5. The lowest BCUT2D eigenvalue weighted by atomic mass is 9.85. The molecule has 0 bridgehead atoms. The molecule has 3 heteroatoms. The van der Waals surface area contributed by atoms with E-state index in [4.69, 9.17) is 0 Å². The van der Waals surface area contributed by atoms with Crippen molar-refractivity contribution in [3.05, 3.63) is 139 Å². The van der Waals surface area contributed by atoms with Crippen molar-refractivity contribution >= 4 is 98.0 Å². The number of fused-ring (bicyclic) bond motifs is 17. The summed E-state index contributed by atoms with van der Waals surface area (Å²) in [6.07, 6.45) is 0. The molecular weight excluding hydrogens is 643 g/mol. The Morgan fingerprint density at radius 1 is 0.340 bits per heavy atom. The van der Waals surface area contributed by atoms with Gasteiger partial charge in [-0.1, -0.05) is 114 Å². The summed E-state index contributed by atoms with van der Waals surface area (Å²) in [5.41, 5.74) is 14.2. The lowest BCUT2D eigenvalue weighted by Gasteiger charge is -2.19. The van der Waals surface area contributed by atoms with Crippen LogP contribution in [-0.4, -0.2) is 13.4 Å². The molecule has 0 saturated carbocycles. The van der Waals surface area contributed by atoms with Gasteiger partial charge >= 0.3 is 0 Å². The molecule has 12 rings (SSSR count). The molecule has 0 aliphatic heterocycles. The topological polar surface area (TPSA) is 13.8 Å². The number of hydrogen-bond donors (Lipinski definition) is 0. The lowest BCUT2D eigenvalue weighted by Crippen LogP contribution is -2.10. The molecule has 0 radical (unpaired) electrons. The minimum Gasteiger partial charge on any atom is -0.309 e. The molecular formula is C50H39N3. The van der Waals surface area contributed by atoms with E-state index in [1.165, 1.54) is 115 Å². The minimum absolute atomic E-state index is 0.0415. The maximum absolute atomic E-state index is 2.57. The number of para-hydroxylation sites is 3. The molecule has 0 fully saturated rings. The third-order valence-corrected chi connectivity index (χ3v) is 12.4. The summed E-state index contributed by atoms with van der Waals surface area (Å²) in [5.74, 6) is 0. The second kappa shape index (κ2) is 9.48. The molecule has 3 nitrogen and oxygen atoms in total. The van der Waals surface area contributed by atoms with Crippen LogP contribution in [0.15, 0.2) is 127 Å². The van der Waals surface area contributed by atoms with Crippen molar-refractivity contribution in [3.8, 4) is 5.69 Å². The van der Waals surface area contributed by atoms with E-state index in [0.717, 1.165) is 0 Å². The maximum Gasteiger partial charge on any atom is 0.0635 e. The van der Waals surface area contributed by atoms with E-state index in [9.17, 15) is 0 Å². The first kappa shape index (κ1) is 29.5. The Balaban J connectivity index is 1.36. The van der Waals surface area contributed by atoms with Crippen LogP contribution in [0.5, 0.6) is 0 Å². The Hall–Kier alpha value is -6.06. The van der Waals surface area contributed by atoms with Crippen LogP contribution in [0.4, 0.5) is 0 Å². The van der Waals surface area contributed by atoms with Crippen LogP contribution in [-0.2, 0) is 10.8 Å². The zero-order valence-electron chi connectivity index (χ0n) is 31.0. The highest BCUT2D eigenvalue weighted by atomic mass is 15.0. The van der Waals surface area contributed by atoms with E-state index in [-0.39, 0.29) is 10.8 Å². The van der Waals surface area contributed by atoms with E-state index in [0.29, 0.717) is 0 Å². The zero-order valence-corrected chi connectivity index (χ0v) is 31.0. The monoisotopic (exact) mass is 681 g/mol. The van der Waals surface area contributed by atoms with Crippen LogP contribution < -0.4 is 0 Å². The predicted molar refractivity (Wildman–Crippen MR) is 227 cm³/mol. The number of nitrogens with zero attached hydrogens (tertiary/aromatic N) is 3. The number of aromatic nitrogens is 3. The van der Waals surface area contributed by atoms with Crippen LogP contribution in [0.25, 0.3) is 104 Å². The van der Waals surface area contributed by atoms with Gasteiger partial charge < -0.3 is 13.4 Å². The van der Waals surface area contributed by atoms with Crippen LogP contribution in [0, 0.1) is 0 Å². The minimum atomic E-state index is 0.0415.